The van der Waals surface area contributed by atoms with Crippen molar-refractivity contribution in [2.24, 2.45) is 10.2 Å². The summed E-state index contributed by atoms with van der Waals surface area (Å²) in [6.07, 6.45) is 2.61. The molecule has 0 fully saturated rings. The predicted molar refractivity (Wildman–Crippen MR) is 124 cm³/mol. The largest absolute Gasteiger partial charge is 0.294 e. The van der Waals surface area contributed by atoms with Crippen molar-refractivity contribution in [3.8, 4) is 0 Å². The molecule has 0 aliphatic heterocycles. The summed E-state index contributed by atoms with van der Waals surface area (Å²) in [6, 6.07) is 0. The molecule has 2 unspecified atom stereocenters. The van der Waals surface area contributed by atoms with E-state index in [4.69, 9.17) is 0 Å². The minimum Gasteiger partial charge on any atom is -0.294 e. The Balaban J connectivity index is -0.000000367. The molecular formula is C16H42Cl4N6. The molecule has 0 saturated carbocycles. The third kappa shape index (κ3) is 15.6. The number of hydrogen-bond donors (Lipinski definition) is 2. The van der Waals surface area contributed by atoms with E-state index in [0.717, 1.165) is 12.8 Å². The van der Waals surface area contributed by atoms with Crippen LogP contribution in [0.15, 0.2) is 10.2 Å². The van der Waals surface area contributed by atoms with Crippen molar-refractivity contribution in [2.75, 3.05) is 28.2 Å². The maximum absolute atomic E-state index is 4.55. The summed E-state index contributed by atoms with van der Waals surface area (Å²) >= 11 is 0. The van der Waals surface area contributed by atoms with Crippen LogP contribution in [0.1, 0.15) is 54.4 Å². The Morgan fingerprint density at radius 1 is 0.654 bits per heavy atom. The van der Waals surface area contributed by atoms with Gasteiger partial charge in [0.15, 0.2) is 0 Å². The lowest BCUT2D eigenvalue weighted by molar-refractivity contribution is 0.166. The molecule has 0 aliphatic rings. The fourth-order valence-corrected chi connectivity index (χ4v) is 2.32. The van der Waals surface area contributed by atoms with Gasteiger partial charge in [-0.25, -0.2) is 0 Å². The van der Waals surface area contributed by atoms with Gasteiger partial charge in [0.25, 0.3) is 0 Å². The van der Waals surface area contributed by atoms with Crippen LogP contribution in [0.25, 0.3) is 0 Å². The van der Waals surface area contributed by atoms with Gasteiger partial charge in [0.1, 0.15) is 11.3 Å². The third-order valence-corrected chi connectivity index (χ3v) is 3.61. The van der Waals surface area contributed by atoms with Gasteiger partial charge in [-0.2, -0.15) is 10.2 Å². The molecule has 0 aromatic heterocycles. The van der Waals surface area contributed by atoms with Gasteiger partial charge in [-0.1, -0.05) is 13.8 Å². The standard InChI is InChI=1S/C16H38N6.4ClH/c1-11-13(21(7)8)17-15(3,4)19-20-16(5,6)18-14(12-2)22(9)10;;;;/h13-14,17-18H,11-12H2,1-10H3;4*1H/b20-19+;;;;. The van der Waals surface area contributed by atoms with E-state index in [1.165, 1.54) is 0 Å². The summed E-state index contributed by atoms with van der Waals surface area (Å²) < 4.78 is 0. The van der Waals surface area contributed by atoms with Gasteiger partial charge in [0, 0.05) is 0 Å². The molecule has 0 rings (SSSR count). The quantitative estimate of drug-likeness (QED) is 0.376. The normalized spacial score (nSPS) is 14.2. The topological polar surface area (TPSA) is 55.3 Å². The molecule has 26 heavy (non-hydrogen) atoms. The molecule has 0 aromatic rings. The van der Waals surface area contributed by atoms with Crippen molar-refractivity contribution in [3.63, 3.8) is 0 Å². The fourth-order valence-electron chi connectivity index (χ4n) is 2.32. The second kappa shape index (κ2) is 16.5. The lowest BCUT2D eigenvalue weighted by atomic mass is 10.2. The van der Waals surface area contributed by atoms with E-state index in [1.54, 1.807) is 0 Å². The number of azo groups is 1. The minimum atomic E-state index is -0.399. The molecule has 0 aromatic carbocycles. The summed E-state index contributed by atoms with van der Waals surface area (Å²) in [4.78, 5) is 4.33. The van der Waals surface area contributed by atoms with Crippen LogP contribution in [-0.4, -0.2) is 61.6 Å². The van der Waals surface area contributed by atoms with Crippen LogP contribution >= 0.6 is 49.6 Å². The van der Waals surface area contributed by atoms with Crippen molar-refractivity contribution in [3.05, 3.63) is 0 Å². The van der Waals surface area contributed by atoms with Gasteiger partial charge in [-0.15, -0.1) is 49.6 Å². The van der Waals surface area contributed by atoms with Gasteiger partial charge < -0.3 is 0 Å². The lowest BCUT2D eigenvalue weighted by Crippen LogP contribution is -2.52. The summed E-state index contributed by atoms with van der Waals surface area (Å²) in [5.74, 6) is 0. The van der Waals surface area contributed by atoms with E-state index in [-0.39, 0.29) is 62.0 Å². The molecule has 2 atom stereocenters. The highest BCUT2D eigenvalue weighted by molar-refractivity contribution is 5.86. The van der Waals surface area contributed by atoms with Gasteiger partial charge in [0.05, 0.1) is 12.3 Å². The van der Waals surface area contributed by atoms with Crippen LogP contribution in [0.4, 0.5) is 0 Å². The molecule has 0 saturated heterocycles. The van der Waals surface area contributed by atoms with Crippen molar-refractivity contribution in [2.45, 2.75) is 78.0 Å². The Morgan fingerprint density at radius 2 is 0.885 bits per heavy atom. The van der Waals surface area contributed by atoms with Gasteiger partial charge in [-0.3, -0.25) is 20.4 Å². The summed E-state index contributed by atoms with van der Waals surface area (Å²) in [5.41, 5.74) is -0.798. The molecule has 0 heterocycles. The predicted octanol–water partition coefficient (Wildman–Crippen LogP) is 4.37. The number of nitrogens with one attached hydrogen (secondary N) is 2. The van der Waals surface area contributed by atoms with Gasteiger partial charge in [-0.05, 0) is 68.7 Å². The first-order valence-corrected chi connectivity index (χ1v) is 8.26. The highest BCUT2D eigenvalue weighted by Crippen LogP contribution is 2.15. The third-order valence-electron chi connectivity index (χ3n) is 3.61. The smallest absolute Gasteiger partial charge is 0.127 e. The summed E-state index contributed by atoms with van der Waals surface area (Å²) in [5, 5.41) is 16.2. The summed E-state index contributed by atoms with van der Waals surface area (Å²) in [7, 11) is 8.29. The molecule has 0 bridgehead atoms. The summed E-state index contributed by atoms with van der Waals surface area (Å²) in [6.45, 7) is 12.6. The molecule has 10 heteroatoms. The van der Waals surface area contributed by atoms with E-state index < -0.39 is 11.3 Å². The molecule has 0 amide bonds. The Kier molecular flexibility index (Phi) is 23.8. The first-order valence-electron chi connectivity index (χ1n) is 8.26. The Bertz CT molecular complexity index is 320. The van der Waals surface area contributed by atoms with Gasteiger partial charge in [0.2, 0.25) is 0 Å². The maximum Gasteiger partial charge on any atom is 0.127 e. The number of rotatable bonds is 10. The second-order valence-corrected chi connectivity index (χ2v) is 7.38. The van der Waals surface area contributed by atoms with Crippen molar-refractivity contribution < 1.29 is 0 Å². The van der Waals surface area contributed by atoms with Crippen LogP contribution in [-0.2, 0) is 0 Å². The minimum absolute atomic E-state index is 0. The fraction of sp³-hybridized carbons (Fsp3) is 1.00. The average Bonchev–Trinajstić information content (AvgIpc) is 2.40. The molecule has 6 nitrogen and oxygen atoms in total. The molecule has 2 N–H and O–H groups in total. The van der Waals surface area contributed by atoms with Crippen LogP contribution in [0.3, 0.4) is 0 Å². The number of halogens is 4. The van der Waals surface area contributed by atoms with Gasteiger partial charge >= 0.3 is 0 Å². The van der Waals surface area contributed by atoms with Crippen LogP contribution < -0.4 is 10.6 Å². The van der Waals surface area contributed by atoms with Crippen LogP contribution in [0.5, 0.6) is 0 Å². The zero-order valence-corrected chi connectivity index (χ0v) is 21.3. The SMILES string of the molecule is CCC(NC(C)(C)/N=N/C(C)(C)NC(CC)N(C)C)N(C)C.Cl.Cl.Cl.Cl. The van der Waals surface area contributed by atoms with E-state index in [0.29, 0.717) is 0 Å². The molecule has 164 valence electrons. The number of hydrogen-bond acceptors (Lipinski definition) is 6. The zero-order chi connectivity index (χ0) is 17.6. The van der Waals surface area contributed by atoms with Crippen LogP contribution in [0, 0.1) is 0 Å². The highest BCUT2D eigenvalue weighted by atomic mass is 35.5. The second-order valence-electron chi connectivity index (χ2n) is 7.38. The van der Waals surface area contributed by atoms with E-state index in [9.17, 15) is 0 Å². The first-order chi connectivity index (χ1) is 9.94. The average molecular weight is 460 g/mol. The highest BCUT2D eigenvalue weighted by Gasteiger charge is 2.26. The van der Waals surface area contributed by atoms with Crippen molar-refractivity contribution in [1.29, 1.82) is 0 Å². The van der Waals surface area contributed by atoms with E-state index in [2.05, 4.69) is 100 Å². The lowest BCUT2D eigenvalue weighted by Gasteiger charge is -2.34. The Labute approximate surface area is 186 Å². The maximum atomic E-state index is 4.55. The Hall–Kier alpha value is 0.600. The molecule has 0 aliphatic carbocycles. The van der Waals surface area contributed by atoms with Crippen LogP contribution in [0.2, 0.25) is 0 Å². The number of nitrogens with zero attached hydrogens (tertiary/aromatic N) is 4. The Morgan fingerprint density at radius 3 is 1.04 bits per heavy atom. The van der Waals surface area contributed by atoms with E-state index in [1.807, 2.05) is 0 Å². The monoisotopic (exact) mass is 458 g/mol. The van der Waals surface area contributed by atoms with Crippen molar-refractivity contribution >= 4 is 49.6 Å². The first kappa shape index (κ1) is 37.4. The zero-order valence-electron chi connectivity index (χ0n) is 18.0. The molecular weight excluding hydrogens is 418 g/mol. The molecule has 0 radical (unpaired) electrons. The van der Waals surface area contributed by atoms with E-state index >= 15 is 0 Å². The molecule has 0 spiro atoms. The van der Waals surface area contributed by atoms with Crippen molar-refractivity contribution in [1.82, 2.24) is 20.4 Å².